The Labute approximate surface area is 186 Å². The molecule has 0 bridgehead atoms. The number of aliphatic imine (C=N–C) groups is 1. The van der Waals surface area contributed by atoms with Crippen molar-refractivity contribution in [2.24, 2.45) is 10.4 Å². The Morgan fingerprint density at radius 1 is 1.26 bits per heavy atom. The molecule has 156 valence electrons. The molecular weight excluding hydrogens is 471 g/mol. The average molecular weight is 509 g/mol. The average Bonchev–Trinajstić information content (AvgIpc) is 3.30. The summed E-state index contributed by atoms with van der Waals surface area (Å²) >= 11 is 1.76. The zero-order chi connectivity index (χ0) is 18.7. The van der Waals surface area contributed by atoms with Crippen LogP contribution in [0.1, 0.15) is 63.6 Å². The van der Waals surface area contributed by atoms with Crippen LogP contribution in [0.2, 0.25) is 0 Å². The van der Waals surface area contributed by atoms with Gasteiger partial charge in [-0.15, -0.1) is 35.3 Å². The van der Waals surface area contributed by atoms with Gasteiger partial charge in [-0.2, -0.15) is 0 Å². The van der Waals surface area contributed by atoms with E-state index in [0.29, 0.717) is 5.41 Å². The lowest BCUT2D eigenvalue weighted by Gasteiger charge is -2.27. The largest absolute Gasteiger partial charge is 0.382 e. The van der Waals surface area contributed by atoms with Crippen molar-refractivity contribution in [2.45, 2.75) is 65.7 Å². The van der Waals surface area contributed by atoms with Gasteiger partial charge in [-0.3, -0.25) is 4.99 Å². The fourth-order valence-corrected chi connectivity index (χ4v) is 4.35. The summed E-state index contributed by atoms with van der Waals surface area (Å²) in [5, 5.41) is 10.3. The lowest BCUT2D eigenvalue weighted by atomic mass is 9.83. The van der Waals surface area contributed by atoms with Crippen molar-refractivity contribution in [3.63, 3.8) is 0 Å². The molecule has 0 aromatic carbocycles. The summed E-state index contributed by atoms with van der Waals surface area (Å²) in [5.41, 5.74) is 1.52. The van der Waals surface area contributed by atoms with Gasteiger partial charge in [0.2, 0.25) is 0 Å². The van der Waals surface area contributed by atoms with Crippen LogP contribution in [0.25, 0.3) is 0 Å². The third-order valence-corrected chi connectivity index (χ3v) is 6.18. The minimum atomic E-state index is 0. The highest BCUT2D eigenvalue weighted by Gasteiger charge is 2.33. The Hall–Kier alpha value is -0.410. The van der Waals surface area contributed by atoms with Crippen LogP contribution in [0.15, 0.2) is 10.4 Å². The number of thiazole rings is 1. The standard InChI is InChI=1S/C20H36N4OS.HI/c1-4-18-24-17(15-26-18)9-13-22-19(21-5-2)23-16-20(10-7-8-11-20)12-14-25-6-3;/h15H,4-14,16H2,1-3H3,(H2,21,22,23);1H. The Bertz CT molecular complexity index is 544. The highest BCUT2D eigenvalue weighted by Crippen LogP contribution is 2.41. The Kier molecular flexibility index (Phi) is 12.5. The van der Waals surface area contributed by atoms with Crippen LogP contribution in [-0.2, 0) is 17.6 Å². The second-order valence-corrected chi connectivity index (χ2v) is 8.05. The molecule has 0 spiro atoms. The first-order valence-corrected chi connectivity index (χ1v) is 11.1. The molecule has 0 radical (unpaired) electrons. The van der Waals surface area contributed by atoms with Gasteiger partial charge in [-0.1, -0.05) is 19.8 Å². The fraction of sp³-hybridized carbons (Fsp3) is 0.800. The van der Waals surface area contributed by atoms with E-state index in [-0.39, 0.29) is 24.0 Å². The predicted molar refractivity (Wildman–Crippen MR) is 127 cm³/mol. The van der Waals surface area contributed by atoms with Crippen molar-refractivity contribution >= 4 is 41.3 Å². The molecule has 27 heavy (non-hydrogen) atoms. The third-order valence-electron chi connectivity index (χ3n) is 5.14. The van der Waals surface area contributed by atoms with Crippen molar-refractivity contribution in [2.75, 3.05) is 32.8 Å². The monoisotopic (exact) mass is 508 g/mol. The molecule has 2 rings (SSSR count). The number of nitrogens with one attached hydrogen (secondary N) is 2. The van der Waals surface area contributed by atoms with E-state index in [1.165, 1.54) is 36.4 Å². The number of aromatic nitrogens is 1. The smallest absolute Gasteiger partial charge is 0.191 e. The number of nitrogens with zero attached hydrogens (tertiary/aromatic N) is 2. The molecule has 1 saturated carbocycles. The topological polar surface area (TPSA) is 58.5 Å². The van der Waals surface area contributed by atoms with E-state index in [0.717, 1.165) is 58.1 Å². The highest BCUT2D eigenvalue weighted by atomic mass is 127. The molecule has 1 fully saturated rings. The zero-order valence-electron chi connectivity index (χ0n) is 17.2. The van der Waals surface area contributed by atoms with Gasteiger partial charge in [0.1, 0.15) is 0 Å². The fourth-order valence-electron chi connectivity index (χ4n) is 3.57. The predicted octanol–water partition coefficient (Wildman–Crippen LogP) is 4.41. The summed E-state index contributed by atoms with van der Waals surface area (Å²) in [5.74, 6) is 0.932. The molecule has 0 aliphatic heterocycles. The maximum absolute atomic E-state index is 5.61. The number of aryl methyl sites for hydroxylation is 1. The van der Waals surface area contributed by atoms with Crippen molar-refractivity contribution in [3.8, 4) is 0 Å². The molecular formula is C20H37IN4OS. The number of hydrogen-bond donors (Lipinski definition) is 2. The van der Waals surface area contributed by atoms with Crippen LogP contribution in [0.3, 0.4) is 0 Å². The van der Waals surface area contributed by atoms with Crippen LogP contribution in [0.4, 0.5) is 0 Å². The zero-order valence-corrected chi connectivity index (χ0v) is 20.3. The van der Waals surface area contributed by atoms with E-state index >= 15 is 0 Å². The van der Waals surface area contributed by atoms with Crippen molar-refractivity contribution < 1.29 is 4.74 Å². The Morgan fingerprint density at radius 2 is 2.04 bits per heavy atom. The minimum Gasteiger partial charge on any atom is -0.382 e. The Balaban J connectivity index is 0.00000364. The number of guanidine groups is 1. The van der Waals surface area contributed by atoms with E-state index in [2.05, 4.69) is 41.8 Å². The second-order valence-electron chi connectivity index (χ2n) is 7.11. The molecule has 0 amide bonds. The van der Waals surface area contributed by atoms with Gasteiger partial charge in [-0.05, 0) is 44.9 Å². The molecule has 5 nitrogen and oxygen atoms in total. The van der Waals surface area contributed by atoms with Crippen LogP contribution in [-0.4, -0.2) is 43.8 Å². The van der Waals surface area contributed by atoms with E-state index < -0.39 is 0 Å². The molecule has 7 heteroatoms. The van der Waals surface area contributed by atoms with Crippen LogP contribution in [0, 0.1) is 5.41 Å². The first kappa shape index (κ1) is 24.6. The summed E-state index contributed by atoms with van der Waals surface area (Å²) in [6.45, 7) is 10.6. The molecule has 1 aromatic heterocycles. The van der Waals surface area contributed by atoms with Gasteiger partial charge in [0.15, 0.2) is 5.96 Å². The van der Waals surface area contributed by atoms with Crippen LogP contribution >= 0.6 is 35.3 Å². The molecule has 0 atom stereocenters. The highest BCUT2D eigenvalue weighted by molar-refractivity contribution is 14.0. The van der Waals surface area contributed by atoms with Gasteiger partial charge in [0, 0.05) is 44.6 Å². The molecule has 1 aliphatic rings. The molecule has 1 heterocycles. The van der Waals surface area contributed by atoms with Gasteiger partial charge in [0.25, 0.3) is 0 Å². The quantitative estimate of drug-likeness (QED) is 0.201. The number of hydrogen-bond acceptors (Lipinski definition) is 4. The minimum absolute atomic E-state index is 0. The Morgan fingerprint density at radius 3 is 2.67 bits per heavy atom. The number of ether oxygens (including phenoxy) is 1. The SMILES string of the molecule is CCNC(=NCC1(CCOCC)CCCC1)NCCc1csc(CC)n1.I. The van der Waals surface area contributed by atoms with E-state index in [9.17, 15) is 0 Å². The third kappa shape index (κ3) is 8.64. The van der Waals surface area contributed by atoms with Crippen molar-refractivity contribution in [1.82, 2.24) is 15.6 Å². The summed E-state index contributed by atoms with van der Waals surface area (Å²) in [4.78, 5) is 9.56. The molecule has 0 unspecified atom stereocenters. The van der Waals surface area contributed by atoms with Gasteiger partial charge in [-0.25, -0.2) is 4.98 Å². The number of halogens is 1. The van der Waals surface area contributed by atoms with Gasteiger partial charge in [0.05, 0.1) is 10.7 Å². The molecule has 0 saturated heterocycles. The van der Waals surface area contributed by atoms with E-state index in [1.807, 2.05) is 0 Å². The first-order valence-electron chi connectivity index (χ1n) is 10.2. The lowest BCUT2D eigenvalue weighted by Crippen LogP contribution is -2.39. The summed E-state index contributed by atoms with van der Waals surface area (Å²) < 4.78 is 5.61. The normalized spacial score (nSPS) is 16.2. The maximum atomic E-state index is 5.61. The van der Waals surface area contributed by atoms with E-state index in [4.69, 9.17) is 9.73 Å². The maximum Gasteiger partial charge on any atom is 0.191 e. The number of rotatable bonds is 11. The molecule has 2 N–H and O–H groups in total. The second kappa shape index (κ2) is 13.7. The molecule has 1 aromatic rings. The summed E-state index contributed by atoms with van der Waals surface area (Å²) in [6, 6.07) is 0. The summed E-state index contributed by atoms with van der Waals surface area (Å²) in [7, 11) is 0. The van der Waals surface area contributed by atoms with Crippen LogP contribution in [0.5, 0.6) is 0 Å². The lowest BCUT2D eigenvalue weighted by molar-refractivity contribution is 0.107. The van der Waals surface area contributed by atoms with E-state index in [1.54, 1.807) is 11.3 Å². The van der Waals surface area contributed by atoms with Gasteiger partial charge < -0.3 is 15.4 Å². The van der Waals surface area contributed by atoms with Crippen LogP contribution < -0.4 is 10.6 Å². The molecule has 1 aliphatic carbocycles. The van der Waals surface area contributed by atoms with Gasteiger partial charge >= 0.3 is 0 Å². The van der Waals surface area contributed by atoms with Crippen molar-refractivity contribution in [3.05, 3.63) is 16.1 Å². The van der Waals surface area contributed by atoms with Crippen molar-refractivity contribution in [1.29, 1.82) is 0 Å². The summed E-state index contributed by atoms with van der Waals surface area (Å²) in [6.07, 6.45) is 8.30. The first-order chi connectivity index (χ1) is 12.7.